The zero-order valence-corrected chi connectivity index (χ0v) is 27.3. The smallest absolute Gasteiger partial charge is 0.313 e. The Morgan fingerprint density at radius 1 is 1.25 bits per heavy atom. The van der Waals surface area contributed by atoms with E-state index in [1.54, 1.807) is 17.1 Å². The lowest BCUT2D eigenvalue weighted by atomic mass is 9.70. The highest BCUT2D eigenvalue weighted by Crippen LogP contribution is 2.60. The molecule has 0 radical (unpaired) electrons. The quantitative estimate of drug-likeness (QED) is 0.176. The van der Waals surface area contributed by atoms with Crippen molar-refractivity contribution in [3.63, 3.8) is 0 Å². The van der Waals surface area contributed by atoms with Gasteiger partial charge in [0.2, 0.25) is 17.7 Å². The van der Waals surface area contributed by atoms with Crippen LogP contribution in [0.3, 0.4) is 0 Å². The maximum atomic E-state index is 14.4. The number of carbonyl (C=O) groups is 4. The standard InChI is InChI=1S/C33H44BrN3O7/c1-6-8-15-24(39)35-20-23(21-13-10-9-11-14-21)43-31(42)25-26-29(40)36(17-12-18-38)28(33(26)19-22(34)27(25)44-33)30(41)37(16-7-2)32(3,4)5/h6-7,9-11,13-14,22-23,25-28,38H,1-2,8,12,15-20H2,3-5H3,(H,35,39)/t22?,23-,25+,26-,27+,28+,33-/m0/s1. The van der Waals surface area contributed by atoms with Gasteiger partial charge < -0.3 is 29.7 Å². The third-order valence-electron chi connectivity index (χ3n) is 8.73. The number of hydrogen-bond acceptors (Lipinski definition) is 7. The maximum Gasteiger partial charge on any atom is 0.313 e. The molecule has 3 fully saturated rings. The molecule has 1 unspecified atom stereocenters. The van der Waals surface area contributed by atoms with E-state index in [9.17, 15) is 24.3 Å². The molecule has 0 saturated carbocycles. The van der Waals surface area contributed by atoms with Crippen LogP contribution in [0.5, 0.6) is 0 Å². The van der Waals surface area contributed by atoms with Gasteiger partial charge in [-0.3, -0.25) is 19.2 Å². The van der Waals surface area contributed by atoms with Crippen LogP contribution in [0, 0.1) is 11.8 Å². The van der Waals surface area contributed by atoms with Crippen LogP contribution in [-0.4, -0.2) is 93.0 Å². The van der Waals surface area contributed by atoms with Crippen LogP contribution in [0.2, 0.25) is 0 Å². The number of fused-ring (bicyclic) bond motifs is 1. The van der Waals surface area contributed by atoms with E-state index in [4.69, 9.17) is 9.47 Å². The van der Waals surface area contributed by atoms with Crippen LogP contribution < -0.4 is 5.32 Å². The Morgan fingerprint density at radius 3 is 2.57 bits per heavy atom. The first-order chi connectivity index (χ1) is 20.9. The molecule has 1 aromatic rings. The fourth-order valence-electron chi connectivity index (χ4n) is 6.77. The first-order valence-corrected chi connectivity index (χ1v) is 16.1. The van der Waals surface area contributed by atoms with Crippen LogP contribution in [0.15, 0.2) is 55.6 Å². The number of hydrogen-bond donors (Lipinski definition) is 2. The third kappa shape index (κ3) is 6.50. The van der Waals surface area contributed by atoms with E-state index < -0.39 is 47.2 Å². The molecule has 3 saturated heterocycles. The predicted octanol–water partition coefficient (Wildman–Crippen LogP) is 3.30. The Bertz CT molecular complexity index is 1250. The summed E-state index contributed by atoms with van der Waals surface area (Å²) in [6.07, 6.45) is 3.23. The first-order valence-electron chi connectivity index (χ1n) is 15.2. The lowest BCUT2D eigenvalue weighted by molar-refractivity contribution is -0.160. The molecule has 1 spiro atoms. The van der Waals surface area contributed by atoms with Gasteiger partial charge in [-0.2, -0.15) is 0 Å². The van der Waals surface area contributed by atoms with E-state index in [0.717, 1.165) is 0 Å². The number of amides is 3. The third-order valence-corrected chi connectivity index (χ3v) is 9.57. The van der Waals surface area contributed by atoms with Crippen molar-refractivity contribution in [3.8, 4) is 0 Å². The van der Waals surface area contributed by atoms with E-state index in [1.165, 1.54) is 4.90 Å². The van der Waals surface area contributed by atoms with Crippen molar-refractivity contribution in [2.75, 3.05) is 26.2 Å². The molecule has 4 rings (SSSR count). The van der Waals surface area contributed by atoms with E-state index in [0.29, 0.717) is 18.4 Å². The highest BCUT2D eigenvalue weighted by Gasteiger charge is 2.77. The number of esters is 1. The number of nitrogens with one attached hydrogen (secondary N) is 1. The second-order valence-corrected chi connectivity index (χ2v) is 13.8. The Labute approximate surface area is 267 Å². The number of likely N-dealkylation sites (tertiary alicyclic amines) is 1. The predicted molar refractivity (Wildman–Crippen MR) is 168 cm³/mol. The van der Waals surface area contributed by atoms with Gasteiger partial charge in [-0.05, 0) is 45.6 Å². The SMILES string of the molecule is C=CCCC(=O)NC[C@H](OC(=O)[C@H]1[C@@H]2O[C@@]3(CC2Br)[C@@H]1C(=O)N(CCCO)[C@@H]3C(=O)N(CC=C)C(C)(C)C)c1ccccc1. The molecule has 0 aliphatic carbocycles. The molecule has 1 aromatic carbocycles. The molecule has 3 aliphatic rings. The van der Waals surface area contributed by atoms with Crippen LogP contribution >= 0.6 is 15.9 Å². The van der Waals surface area contributed by atoms with Crippen LogP contribution in [0.4, 0.5) is 0 Å². The second kappa shape index (κ2) is 14.0. The molecular formula is C33H44BrN3O7. The Balaban J connectivity index is 1.67. The summed E-state index contributed by atoms with van der Waals surface area (Å²) in [5.41, 5.74) is -1.13. The van der Waals surface area contributed by atoms with Gasteiger partial charge in [0.25, 0.3) is 0 Å². The fraction of sp³-hybridized carbons (Fsp3) is 0.576. The van der Waals surface area contributed by atoms with Gasteiger partial charge in [0.15, 0.2) is 0 Å². The summed E-state index contributed by atoms with van der Waals surface area (Å²) in [6.45, 7) is 13.5. The summed E-state index contributed by atoms with van der Waals surface area (Å²) in [5.74, 6) is -3.38. The van der Waals surface area contributed by atoms with Crippen molar-refractivity contribution in [3.05, 3.63) is 61.2 Å². The Hall–Kier alpha value is -3.02. The van der Waals surface area contributed by atoms with Gasteiger partial charge in [-0.1, -0.05) is 58.4 Å². The van der Waals surface area contributed by atoms with Gasteiger partial charge in [0, 0.05) is 36.5 Å². The minimum Gasteiger partial charge on any atom is -0.455 e. The molecule has 2 bridgehead atoms. The Kier molecular flexibility index (Phi) is 10.7. The van der Waals surface area contributed by atoms with E-state index in [-0.39, 0.29) is 61.6 Å². The highest BCUT2D eigenvalue weighted by molar-refractivity contribution is 9.09. The summed E-state index contributed by atoms with van der Waals surface area (Å²) < 4.78 is 12.7. The molecule has 7 atom stereocenters. The van der Waals surface area contributed by atoms with Crippen molar-refractivity contribution in [2.24, 2.45) is 11.8 Å². The number of aliphatic hydroxyl groups excluding tert-OH is 1. The average Bonchev–Trinajstić information content (AvgIpc) is 3.58. The highest BCUT2D eigenvalue weighted by atomic mass is 79.9. The number of aliphatic hydroxyl groups is 1. The minimum atomic E-state index is -1.25. The molecule has 0 aromatic heterocycles. The molecule has 3 amide bonds. The van der Waals surface area contributed by atoms with Gasteiger partial charge in [-0.15, -0.1) is 13.2 Å². The number of nitrogens with zero attached hydrogens (tertiary/aromatic N) is 2. The molecule has 2 N–H and O–H groups in total. The lowest BCUT2D eigenvalue weighted by Crippen LogP contribution is -2.60. The number of alkyl halides is 1. The lowest BCUT2D eigenvalue weighted by Gasteiger charge is -2.42. The largest absolute Gasteiger partial charge is 0.455 e. The van der Waals surface area contributed by atoms with E-state index in [1.807, 2.05) is 51.1 Å². The zero-order valence-electron chi connectivity index (χ0n) is 25.7. The molecule has 44 heavy (non-hydrogen) atoms. The van der Waals surface area contributed by atoms with Crippen molar-refractivity contribution < 1.29 is 33.8 Å². The van der Waals surface area contributed by atoms with Crippen molar-refractivity contribution in [1.82, 2.24) is 15.1 Å². The summed E-state index contributed by atoms with van der Waals surface area (Å²) >= 11 is 3.69. The minimum absolute atomic E-state index is 0.0529. The van der Waals surface area contributed by atoms with E-state index in [2.05, 4.69) is 34.4 Å². The normalized spacial score (nSPS) is 27.9. The second-order valence-electron chi connectivity index (χ2n) is 12.6. The van der Waals surface area contributed by atoms with Crippen LogP contribution in [-0.2, 0) is 28.7 Å². The number of allylic oxidation sites excluding steroid dienone is 1. The van der Waals surface area contributed by atoms with Crippen molar-refractivity contribution in [2.45, 2.75) is 80.7 Å². The summed E-state index contributed by atoms with van der Waals surface area (Å²) in [5, 5.41) is 12.5. The maximum absolute atomic E-state index is 14.4. The van der Waals surface area contributed by atoms with Gasteiger partial charge >= 0.3 is 5.97 Å². The molecule has 3 aliphatic heterocycles. The van der Waals surface area contributed by atoms with Crippen molar-refractivity contribution in [1.29, 1.82) is 0 Å². The van der Waals surface area contributed by atoms with Gasteiger partial charge in [0.1, 0.15) is 17.7 Å². The molecule has 240 valence electrons. The first kappa shape index (κ1) is 33.9. The number of ether oxygens (including phenoxy) is 2. The number of rotatable bonds is 14. The van der Waals surface area contributed by atoms with Crippen LogP contribution in [0.1, 0.15) is 58.1 Å². The number of benzene rings is 1. The summed E-state index contributed by atoms with van der Waals surface area (Å²) in [7, 11) is 0. The van der Waals surface area contributed by atoms with Crippen molar-refractivity contribution >= 4 is 39.6 Å². The summed E-state index contributed by atoms with van der Waals surface area (Å²) in [4.78, 5) is 57.9. The number of carbonyl (C=O) groups excluding carboxylic acids is 4. The average molecular weight is 675 g/mol. The van der Waals surface area contributed by atoms with Crippen LogP contribution in [0.25, 0.3) is 0 Å². The van der Waals surface area contributed by atoms with E-state index >= 15 is 0 Å². The summed E-state index contributed by atoms with van der Waals surface area (Å²) in [6, 6.07) is 8.12. The molecule has 10 nitrogen and oxygen atoms in total. The molecule has 3 heterocycles. The monoisotopic (exact) mass is 673 g/mol. The fourth-order valence-corrected chi connectivity index (χ4v) is 7.72. The number of halogens is 1. The van der Waals surface area contributed by atoms with Gasteiger partial charge in [-0.25, -0.2) is 0 Å². The Morgan fingerprint density at radius 2 is 1.95 bits per heavy atom. The zero-order chi connectivity index (χ0) is 32.2. The molecular weight excluding hydrogens is 630 g/mol. The topological polar surface area (TPSA) is 125 Å². The van der Waals surface area contributed by atoms with Gasteiger partial charge in [0.05, 0.1) is 24.5 Å². The molecule has 11 heteroatoms.